The summed E-state index contributed by atoms with van der Waals surface area (Å²) in [6.45, 7) is 0.226. The Balaban J connectivity index is 2.35. The number of ether oxygens (including phenoxy) is 1. The van der Waals surface area contributed by atoms with Crippen molar-refractivity contribution in [3.8, 4) is 0 Å². The van der Waals surface area contributed by atoms with Crippen LogP contribution in [0.15, 0.2) is 0 Å². The van der Waals surface area contributed by atoms with Crippen LogP contribution in [0.3, 0.4) is 0 Å². The molecule has 0 aliphatic carbocycles. The molecule has 1 aliphatic heterocycles. The number of aliphatic hydroxyl groups excluding tert-OH is 1. The van der Waals surface area contributed by atoms with Crippen LogP contribution in [0, 0.1) is 0 Å². The largest absolute Gasteiger partial charge is 0.394 e. The Bertz CT molecular complexity index is 225. The highest BCUT2D eigenvalue weighted by molar-refractivity contribution is 5.90. The van der Waals surface area contributed by atoms with Crippen molar-refractivity contribution in [3.05, 3.63) is 0 Å². The molecule has 0 amide bonds. The number of rotatable bonds is 3. The van der Waals surface area contributed by atoms with Crippen LogP contribution in [-0.4, -0.2) is 42.3 Å². The van der Waals surface area contributed by atoms with Gasteiger partial charge in [-0.05, 0) is 19.4 Å². The Hall–Kier alpha value is -0.980. The average Bonchev–Trinajstić information content (AvgIpc) is 2.69. The molecule has 0 radical (unpaired) electrons. The molecule has 1 heterocycles. The summed E-state index contributed by atoms with van der Waals surface area (Å²) in [7, 11) is 0. The fourth-order valence-electron chi connectivity index (χ4n) is 1.21. The van der Waals surface area contributed by atoms with Crippen LogP contribution in [0.2, 0.25) is 0 Å². The molecule has 1 rings (SSSR count). The van der Waals surface area contributed by atoms with Gasteiger partial charge in [0, 0.05) is 0 Å². The van der Waals surface area contributed by atoms with E-state index >= 15 is 0 Å². The minimum Gasteiger partial charge on any atom is -0.394 e. The second-order valence-corrected chi connectivity index (χ2v) is 3.18. The average molecular weight is 202 g/mol. The van der Waals surface area contributed by atoms with Gasteiger partial charge in [0.15, 0.2) is 0 Å². The fraction of sp³-hybridized carbons (Fsp3) is 0.750. The second-order valence-electron chi connectivity index (χ2n) is 3.18. The molecule has 0 aromatic heterocycles. The van der Waals surface area contributed by atoms with Crippen LogP contribution in [0.4, 0.5) is 0 Å². The van der Waals surface area contributed by atoms with Gasteiger partial charge in [0.05, 0.1) is 6.61 Å². The number of hydrogen-bond acceptors (Lipinski definition) is 6. The van der Waals surface area contributed by atoms with Crippen molar-refractivity contribution in [1.29, 1.82) is 0 Å². The molecule has 1 saturated heterocycles. The van der Waals surface area contributed by atoms with Gasteiger partial charge < -0.3 is 20.9 Å². The monoisotopic (exact) mass is 202 g/mol. The molecule has 80 valence electrons. The van der Waals surface area contributed by atoms with Gasteiger partial charge in [0.25, 0.3) is 0 Å². The zero-order valence-corrected chi connectivity index (χ0v) is 7.73. The molecule has 6 heteroatoms. The summed E-state index contributed by atoms with van der Waals surface area (Å²) in [6.07, 6.45) is 1.56. The number of aliphatic hydroxyl groups is 1. The van der Waals surface area contributed by atoms with Crippen LogP contribution in [0.25, 0.3) is 0 Å². The summed E-state index contributed by atoms with van der Waals surface area (Å²) >= 11 is 0. The van der Waals surface area contributed by atoms with E-state index < -0.39 is 30.6 Å². The summed E-state index contributed by atoms with van der Waals surface area (Å²) in [6, 6.07) is -1.55. The van der Waals surface area contributed by atoms with Gasteiger partial charge in [-0.3, -0.25) is 0 Å². The maximum Gasteiger partial charge on any atom is 0.332 e. The van der Waals surface area contributed by atoms with E-state index in [1.165, 1.54) is 0 Å². The first-order valence-corrected chi connectivity index (χ1v) is 4.50. The van der Waals surface area contributed by atoms with Gasteiger partial charge in [-0.1, -0.05) is 0 Å². The standard InChI is InChI=1S/C8H14N2O4/c9-5(4-11)7(12)14-8(13)6-2-1-3-10-6/h5-6,10-11H,1-4,9H2/t5-,6-/m0/s1. The van der Waals surface area contributed by atoms with E-state index in [2.05, 4.69) is 10.1 Å². The summed E-state index contributed by atoms with van der Waals surface area (Å²) in [4.78, 5) is 22.2. The molecule has 0 saturated carbocycles. The normalized spacial score (nSPS) is 23.1. The van der Waals surface area contributed by atoms with E-state index in [0.717, 1.165) is 13.0 Å². The fourth-order valence-corrected chi connectivity index (χ4v) is 1.21. The minimum atomic E-state index is -1.14. The lowest BCUT2D eigenvalue weighted by Gasteiger charge is -2.10. The molecular weight excluding hydrogens is 188 g/mol. The maximum absolute atomic E-state index is 11.2. The molecule has 0 bridgehead atoms. The molecule has 0 aromatic carbocycles. The lowest BCUT2D eigenvalue weighted by molar-refractivity contribution is -0.162. The van der Waals surface area contributed by atoms with E-state index in [4.69, 9.17) is 10.8 Å². The van der Waals surface area contributed by atoms with E-state index in [-0.39, 0.29) is 0 Å². The number of carbonyl (C=O) groups is 2. The van der Waals surface area contributed by atoms with Crippen molar-refractivity contribution in [1.82, 2.24) is 5.32 Å². The highest BCUT2D eigenvalue weighted by Gasteiger charge is 2.27. The first-order chi connectivity index (χ1) is 6.65. The zero-order valence-electron chi connectivity index (χ0n) is 7.73. The van der Waals surface area contributed by atoms with Gasteiger partial charge in [-0.25, -0.2) is 9.59 Å². The van der Waals surface area contributed by atoms with Crippen LogP contribution < -0.4 is 11.1 Å². The van der Waals surface area contributed by atoms with Crippen molar-refractivity contribution in [2.24, 2.45) is 5.73 Å². The molecule has 0 spiro atoms. The minimum absolute atomic E-state index is 0.412. The van der Waals surface area contributed by atoms with Crippen molar-refractivity contribution >= 4 is 11.9 Å². The molecule has 0 unspecified atom stereocenters. The van der Waals surface area contributed by atoms with Crippen molar-refractivity contribution in [3.63, 3.8) is 0 Å². The molecule has 2 atom stereocenters. The lowest BCUT2D eigenvalue weighted by atomic mass is 10.2. The number of carbonyl (C=O) groups excluding carboxylic acids is 2. The maximum atomic E-state index is 11.2. The Kier molecular flexibility index (Phi) is 3.99. The molecule has 6 nitrogen and oxygen atoms in total. The Morgan fingerprint density at radius 3 is 2.86 bits per heavy atom. The van der Waals surface area contributed by atoms with Gasteiger partial charge in [0.2, 0.25) is 0 Å². The van der Waals surface area contributed by atoms with Crippen LogP contribution in [-0.2, 0) is 14.3 Å². The molecule has 14 heavy (non-hydrogen) atoms. The van der Waals surface area contributed by atoms with Crippen molar-refractivity contribution in [2.45, 2.75) is 24.9 Å². The lowest BCUT2D eigenvalue weighted by Crippen LogP contribution is -2.41. The topological polar surface area (TPSA) is 102 Å². The number of esters is 2. The van der Waals surface area contributed by atoms with Crippen LogP contribution >= 0.6 is 0 Å². The molecular formula is C8H14N2O4. The number of hydrogen-bond donors (Lipinski definition) is 3. The SMILES string of the molecule is N[C@@H](CO)C(=O)OC(=O)[C@@H]1CCCN1. The third kappa shape index (κ3) is 2.76. The van der Waals surface area contributed by atoms with Gasteiger partial charge >= 0.3 is 11.9 Å². The van der Waals surface area contributed by atoms with Crippen LogP contribution in [0.1, 0.15) is 12.8 Å². The van der Waals surface area contributed by atoms with Crippen LogP contribution in [0.5, 0.6) is 0 Å². The Labute approximate surface area is 81.4 Å². The first-order valence-electron chi connectivity index (χ1n) is 4.50. The quantitative estimate of drug-likeness (QED) is 0.366. The summed E-state index contributed by atoms with van der Waals surface area (Å²) in [5.41, 5.74) is 5.17. The Morgan fingerprint density at radius 2 is 2.36 bits per heavy atom. The smallest absolute Gasteiger partial charge is 0.332 e. The third-order valence-electron chi connectivity index (χ3n) is 2.05. The number of nitrogens with two attached hydrogens (primary N) is 1. The molecule has 1 aliphatic rings. The first kappa shape index (κ1) is 11.1. The van der Waals surface area contributed by atoms with Crippen molar-refractivity contribution in [2.75, 3.05) is 13.2 Å². The molecule has 4 N–H and O–H groups in total. The highest BCUT2D eigenvalue weighted by atomic mass is 16.6. The van der Waals surface area contributed by atoms with Gasteiger partial charge in [0.1, 0.15) is 12.1 Å². The van der Waals surface area contributed by atoms with Gasteiger partial charge in [-0.15, -0.1) is 0 Å². The second kappa shape index (κ2) is 5.04. The summed E-state index contributed by atoms with van der Waals surface area (Å²) in [5, 5.41) is 11.4. The molecule has 1 fully saturated rings. The summed E-state index contributed by atoms with van der Waals surface area (Å²) in [5.74, 6) is -1.50. The third-order valence-corrected chi connectivity index (χ3v) is 2.05. The summed E-state index contributed by atoms with van der Waals surface area (Å²) < 4.78 is 4.46. The van der Waals surface area contributed by atoms with Crippen molar-refractivity contribution < 1.29 is 19.4 Å². The predicted octanol–water partition coefficient (Wildman–Crippen LogP) is -1.87. The van der Waals surface area contributed by atoms with Gasteiger partial charge in [-0.2, -0.15) is 0 Å². The zero-order chi connectivity index (χ0) is 10.6. The Morgan fingerprint density at radius 1 is 1.64 bits per heavy atom. The molecule has 0 aromatic rings. The van der Waals surface area contributed by atoms with E-state index in [9.17, 15) is 9.59 Å². The predicted molar refractivity (Wildman–Crippen MR) is 47.2 cm³/mol. The van der Waals surface area contributed by atoms with E-state index in [1.807, 2.05) is 0 Å². The van der Waals surface area contributed by atoms with E-state index in [0.29, 0.717) is 6.42 Å². The number of nitrogens with one attached hydrogen (secondary N) is 1. The van der Waals surface area contributed by atoms with E-state index in [1.54, 1.807) is 0 Å². The highest BCUT2D eigenvalue weighted by Crippen LogP contribution is 2.06.